The molecule has 0 saturated carbocycles. The highest BCUT2D eigenvalue weighted by Crippen LogP contribution is 2.26. The molecule has 4 rings (SSSR count). The van der Waals surface area contributed by atoms with Crippen LogP contribution in [-0.4, -0.2) is 29.4 Å². The fourth-order valence-corrected chi connectivity index (χ4v) is 3.90. The number of aryl methyl sites for hydroxylation is 1. The van der Waals surface area contributed by atoms with E-state index >= 15 is 0 Å². The Balaban J connectivity index is 1.43. The second kappa shape index (κ2) is 7.37. The van der Waals surface area contributed by atoms with Gasteiger partial charge in [-0.1, -0.05) is 43.3 Å². The second-order valence-electron chi connectivity index (χ2n) is 6.99. The Morgan fingerprint density at radius 1 is 1.07 bits per heavy atom. The Morgan fingerprint density at radius 2 is 1.85 bits per heavy atom. The highest BCUT2D eigenvalue weighted by atomic mass is 16.2. The first-order valence-corrected chi connectivity index (χ1v) is 9.52. The van der Waals surface area contributed by atoms with Crippen LogP contribution in [0.5, 0.6) is 0 Å². The van der Waals surface area contributed by atoms with Gasteiger partial charge < -0.3 is 10.3 Å². The van der Waals surface area contributed by atoms with Gasteiger partial charge in [0.2, 0.25) is 5.91 Å². The molecular weight excluding hydrogens is 338 g/mol. The van der Waals surface area contributed by atoms with Crippen molar-refractivity contribution in [2.45, 2.75) is 32.2 Å². The van der Waals surface area contributed by atoms with Gasteiger partial charge in [-0.05, 0) is 29.7 Å². The number of amides is 2. The molecule has 0 radical (unpaired) electrons. The van der Waals surface area contributed by atoms with Gasteiger partial charge in [-0.15, -0.1) is 0 Å². The van der Waals surface area contributed by atoms with Gasteiger partial charge in [0, 0.05) is 23.5 Å². The summed E-state index contributed by atoms with van der Waals surface area (Å²) < 4.78 is 0. The molecule has 1 aliphatic rings. The molecule has 0 aliphatic carbocycles. The molecule has 1 aliphatic heterocycles. The Labute approximate surface area is 158 Å². The molecule has 3 aromatic rings. The van der Waals surface area contributed by atoms with Crippen molar-refractivity contribution in [2.75, 3.05) is 11.4 Å². The molecule has 1 aromatic heterocycles. The van der Waals surface area contributed by atoms with E-state index in [4.69, 9.17) is 0 Å². The minimum Gasteiger partial charge on any atom is -0.361 e. The SMILES string of the molecule is CCc1ccccc1N1C(=O)C[C@H]([NH2+]CCc2c[nH]c3ccccc23)C1=O. The summed E-state index contributed by atoms with van der Waals surface area (Å²) in [6, 6.07) is 15.5. The van der Waals surface area contributed by atoms with Crippen molar-refractivity contribution in [1.29, 1.82) is 0 Å². The number of nitrogens with two attached hydrogens (primary N) is 1. The number of anilines is 1. The van der Waals surface area contributed by atoms with Crippen LogP contribution < -0.4 is 10.2 Å². The van der Waals surface area contributed by atoms with E-state index in [0.29, 0.717) is 0 Å². The van der Waals surface area contributed by atoms with Gasteiger partial charge in [-0.25, -0.2) is 4.90 Å². The van der Waals surface area contributed by atoms with Crippen LogP contribution >= 0.6 is 0 Å². The van der Waals surface area contributed by atoms with E-state index in [2.05, 4.69) is 17.1 Å². The zero-order chi connectivity index (χ0) is 18.8. The maximum atomic E-state index is 12.9. The number of fused-ring (bicyclic) bond motifs is 1. The largest absolute Gasteiger partial charge is 0.361 e. The molecule has 1 fully saturated rings. The number of carbonyl (C=O) groups is 2. The zero-order valence-corrected chi connectivity index (χ0v) is 15.4. The first kappa shape index (κ1) is 17.5. The summed E-state index contributed by atoms with van der Waals surface area (Å²) >= 11 is 0. The van der Waals surface area contributed by atoms with Crippen LogP contribution in [0.2, 0.25) is 0 Å². The quantitative estimate of drug-likeness (QED) is 0.660. The third-order valence-corrected chi connectivity index (χ3v) is 5.33. The molecular formula is C22H24N3O2+. The van der Waals surface area contributed by atoms with Crippen LogP contribution in [0.1, 0.15) is 24.5 Å². The normalized spacial score (nSPS) is 17.2. The van der Waals surface area contributed by atoms with Crippen molar-refractivity contribution in [3.63, 3.8) is 0 Å². The van der Waals surface area contributed by atoms with Gasteiger partial charge in [0.15, 0.2) is 6.04 Å². The van der Waals surface area contributed by atoms with E-state index < -0.39 is 0 Å². The van der Waals surface area contributed by atoms with Gasteiger partial charge in [-0.3, -0.25) is 9.59 Å². The van der Waals surface area contributed by atoms with Gasteiger partial charge in [0.05, 0.1) is 18.7 Å². The number of hydrogen-bond donors (Lipinski definition) is 2. The summed E-state index contributed by atoms with van der Waals surface area (Å²) in [6.07, 6.45) is 3.95. The molecule has 0 unspecified atom stereocenters. The lowest BCUT2D eigenvalue weighted by Gasteiger charge is -2.17. The number of benzene rings is 2. The van der Waals surface area contributed by atoms with E-state index in [1.165, 1.54) is 15.8 Å². The highest BCUT2D eigenvalue weighted by Gasteiger charge is 2.42. The molecule has 0 bridgehead atoms. The first-order valence-electron chi connectivity index (χ1n) is 9.52. The number of aromatic nitrogens is 1. The van der Waals surface area contributed by atoms with Crippen LogP contribution in [-0.2, 0) is 22.4 Å². The molecule has 2 heterocycles. The summed E-state index contributed by atoms with van der Waals surface area (Å²) in [5.74, 6) is -0.200. The maximum Gasteiger partial charge on any atom is 0.292 e. The van der Waals surface area contributed by atoms with Gasteiger partial charge in [0.25, 0.3) is 5.91 Å². The van der Waals surface area contributed by atoms with Crippen molar-refractivity contribution in [1.82, 2.24) is 4.98 Å². The Hall–Kier alpha value is -2.92. The average Bonchev–Trinajstić information content (AvgIpc) is 3.23. The lowest BCUT2D eigenvalue weighted by atomic mass is 10.1. The number of quaternary nitrogens is 1. The molecule has 5 heteroatoms. The molecule has 1 atom stereocenters. The number of imide groups is 1. The maximum absolute atomic E-state index is 12.9. The molecule has 1 saturated heterocycles. The summed E-state index contributed by atoms with van der Waals surface area (Å²) in [4.78, 5) is 30.0. The second-order valence-corrected chi connectivity index (χ2v) is 6.99. The minimum absolute atomic E-state index is 0.0974. The van der Waals surface area contributed by atoms with Crippen molar-refractivity contribution in [2.24, 2.45) is 0 Å². The summed E-state index contributed by atoms with van der Waals surface area (Å²) in [7, 11) is 0. The standard InChI is InChI=1S/C22H23N3O2/c1-2-15-7-3-6-10-20(15)25-21(26)13-19(22(25)27)23-12-11-16-14-24-18-9-5-4-8-17(16)18/h3-10,14,19,23-24H,2,11-13H2,1H3/p+1/t19-/m0/s1. The molecule has 2 aromatic carbocycles. The van der Waals surface area contributed by atoms with Crippen LogP contribution in [0.25, 0.3) is 10.9 Å². The smallest absolute Gasteiger partial charge is 0.292 e. The molecule has 0 spiro atoms. The third kappa shape index (κ3) is 3.26. The van der Waals surface area contributed by atoms with E-state index in [0.717, 1.165) is 36.2 Å². The van der Waals surface area contributed by atoms with Crippen molar-refractivity contribution < 1.29 is 14.9 Å². The van der Waals surface area contributed by atoms with Crippen LogP contribution in [0, 0.1) is 0 Å². The predicted octanol–water partition coefficient (Wildman–Crippen LogP) is 2.17. The van der Waals surface area contributed by atoms with Crippen molar-refractivity contribution in [3.05, 3.63) is 65.9 Å². The van der Waals surface area contributed by atoms with Crippen LogP contribution in [0.4, 0.5) is 5.69 Å². The Kier molecular flexibility index (Phi) is 4.77. The van der Waals surface area contributed by atoms with E-state index in [1.807, 2.05) is 54.8 Å². The number of nitrogens with one attached hydrogen (secondary N) is 1. The molecule has 5 nitrogen and oxygen atoms in total. The third-order valence-electron chi connectivity index (χ3n) is 5.33. The number of nitrogens with zero attached hydrogens (tertiary/aromatic N) is 1. The van der Waals surface area contributed by atoms with Crippen molar-refractivity contribution in [3.8, 4) is 0 Å². The summed E-state index contributed by atoms with van der Waals surface area (Å²) in [5, 5.41) is 3.23. The fourth-order valence-electron chi connectivity index (χ4n) is 3.90. The monoisotopic (exact) mass is 362 g/mol. The predicted molar refractivity (Wildman–Crippen MR) is 106 cm³/mol. The number of H-pyrrole nitrogens is 1. The Bertz CT molecular complexity index is 992. The summed E-state index contributed by atoms with van der Waals surface area (Å²) in [6.45, 7) is 2.81. The average molecular weight is 362 g/mol. The topological polar surface area (TPSA) is 69.8 Å². The van der Waals surface area contributed by atoms with E-state index in [-0.39, 0.29) is 24.3 Å². The van der Waals surface area contributed by atoms with E-state index in [1.54, 1.807) is 0 Å². The van der Waals surface area contributed by atoms with Gasteiger partial charge >= 0.3 is 0 Å². The van der Waals surface area contributed by atoms with Crippen molar-refractivity contribution >= 4 is 28.4 Å². The highest BCUT2D eigenvalue weighted by molar-refractivity contribution is 6.22. The van der Waals surface area contributed by atoms with E-state index in [9.17, 15) is 9.59 Å². The number of para-hydroxylation sites is 2. The van der Waals surface area contributed by atoms with Crippen LogP contribution in [0.15, 0.2) is 54.7 Å². The number of rotatable bonds is 6. The fraction of sp³-hybridized carbons (Fsp3) is 0.273. The Morgan fingerprint density at radius 3 is 2.70 bits per heavy atom. The van der Waals surface area contributed by atoms with Gasteiger partial charge in [0.1, 0.15) is 0 Å². The molecule has 3 N–H and O–H groups in total. The zero-order valence-electron chi connectivity index (χ0n) is 15.4. The number of aromatic amines is 1. The lowest BCUT2D eigenvalue weighted by molar-refractivity contribution is -0.674. The molecule has 2 amide bonds. The molecule has 27 heavy (non-hydrogen) atoms. The first-order chi connectivity index (χ1) is 13.2. The number of hydrogen-bond acceptors (Lipinski definition) is 2. The van der Waals surface area contributed by atoms with Gasteiger partial charge in [-0.2, -0.15) is 0 Å². The number of carbonyl (C=O) groups excluding carboxylic acids is 2. The summed E-state index contributed by atoms with van der Waals surface area (Å²) in [5.41, 5.74) is 4.13. The van der Waals surface area contributed by atoms with Crippen LogP contribution in [0.3, 0.4) is 0 Å². The minimum atomic E-state index is -0.326. The molecule has 138 valence electrons. The lowest BCUT2D eigenvalue weighted by Crippen LogP contribution is -2.92.